The number of likely N-dealkylation sites (N-methyl/N-ethyl adjacent to an activating group) is 1. The standard InChI is InChI=1S/C14H19F3N2O/c1-18(2)11-5-6-19(9-11)8-10-3-4-13(20)12(7-10)14(15,16)17/h3-4,7,11,20H,5-6,8-9H2,1-2H3. The van der Waals surface area contributed by atoms with E-state index in [1.54, 1.807) is 6.07 Å². The molecule has 1 atom stereocenters. The minimum Gasteiger partial charge on any atom is -0.507 e. The fraction of sp³-hybridized carbons (Fsp3) is 0.571. The lowest BCUT2D eigenvalue weighted by Crippen LogP contribution is -2.31. The number of nitrogens with zero attached hydrogens (tertiary/aromatic N) is 2. The zero-order valence-electron chi connectivity index (χ0n) is 11.6. The first-order valence-corrected chi connectivity index (χ1v) is 6.55. The number of aromatic hydroxyl groups is 1. The summed E-state index contributed by atoms with van der Waals surface area (Å²) in [5, 5.41) is 9.31. The summed E-state index contributed by atoms with van der Waals surface area (Å²) >= 11 is 0. The van der Waals surface area contributed by atoms with Crippen molar-refractivity contribution in [1.29, 1.82) is 0 Å². The highest BCUT2D eigenvalue weighted by atomic mass is 19.4. The summed E-state index contributed by atoms with van der Waals surface area (Å²) in [6.07, 6.45) is -3.49. The third kappa shape index (κ3) is 3.43. The largest absolute Gasteiger partial charge is 0.507 e. The predicted octanol–water partition coefficient (Wildman–Crippen LogP) is 2.55. The van der Waals surface area contributed by atoms with Crippen LogP contribution in [0.3, 0.4) is 0 Å². The van der Waals surface area contributed by atoms with Crippen molar-refractivity contribution < 1.29 is 18.3 Å². The number of halogens is 3. The molecule has 0 saturated carbocycles. The SMILES string of the molecule is CN(C)C1CCN(Cc2ccc(O)c(C(F)(F)F)c2)C1. The van der Waals surface area contributed by atoms with Crippen molar-refractivity contribution in [2.24, 2.45) is 0 Å². The van der Waals surface area contributed by atoms with E-state index in [1.165, 1.54) is 0 Å². The molecule has 20 heavy (non-hydrogen) atoms. The molecule has 1 unspecified atom stereocenters. The van der Waals surface area contributed by atoms with Crippen molar-refractivity contribution in [3.8, 4) is 5.75 Å². The van der Waals surface area contributed by atoms with E-state index < -0.39 is 17.5 Å². The van der Waals surface area contributed by atoms with E-state index in [4.69, 9.17) is 0 Å². The van der Waals surface area contributed by atoms with Crippen molar-refractivity contribution in [3.63, 3.8) is 0 Å². The Kier molecular flexibility index (Phi) is 4.25. The van der Waals surface area contributed by atoms with Crippen LogP contribution >= 0.6 is 0 Å². The average molecular weight is 288 g/mol. The highest BCUT2D eigenvalue weighted by molar-refractivity contribution is 5.38. The molecule has 0 bridgehead atoms. The van der Waals surface area contributed by atoms with Crippen LogP contribution in [0.4, 0.5) is 13.2 Å². The zero-order chi connectivity index (χ0) is 14.9. The minimum absolute atomic E-state index is 0.453. The van der Waals surface area contributed by atoms with Gasteiger partial charge in [-0.05, 0) is 38.2 Å². The van der Waals surface area contributed by atoms with E-state index >= 15 is 0 Å². The fourth-order valence-electron chi connectivity index (χ4n) is 2.54. The highest BCUT2D eigenvalue weighted by Crippen LogP contribution is 2.36. The van der Waals surface area contributed by atoms with Gasteiger partial charge >= 0.3 is 6.18 Å². The Hall–Kier alpha value is -1.27. The second-order valence-electron chi connectivity index (χ2n) is 5.49. The molecule has 1 heterocycles. The van der Waals surface area contributed by atoms with Crippen LogP contribution in [0.15, 0.2) is 18.2 Å². The van der Waals surface area contributed by atoms with Crippen LogP contribution in [0.5, 0.6) is 5.75 Å². The number of phenols is 1. The van der Waals surface area contributed by atoms with Gasteiger partial charge < -0.3 is 10.0 Å². The van der Waals surface area contributed by atoms with Crippen LogP contribution in [-0.4, -0.2) is 48.1 Å². The van der Waals surface area contributed by atoms with E-state index in [1.807, 2.05) is 14.1 Å². The van der Waals surface area contributed by atoms with Crippen LogP contribution in [0, 0.1) is 0 Å². The van der Waals surface area contributed by atoms with Gasteiger partial charge in [0.1, 0.15) is 5.75 Å². The van der Waals surface area contributed by atoms with Gasteiger partial charge in [0.05, 0.1) is 5.56 Å². The van der Waals surface area contributed by atoms with E-state index in [-0.39, 0.29) is 0 Å². The molecule has 3 nitrogen and oxygen atoms in total. The molecule has 1 aliphatic rings. The number of likely N-dealkylation sites (tertiary alicyclic amines) is 1. The second-order valence-corrected chi connectivity index (χ2v) is 5.49. The molecular weight excluding hydrogens is 269 g/mol. The first kappa shape index (κ1) is 15.1. The van der Waals surface area contributed by atoms with Gasteiger partial charge in [0.2, 0.25) is 0 Å². The van der Waals surface area contributed by atoms with Gasteiger partial charge in [-0.15, -0.1) is 0 Å². The van der Waals surface area contributed by atoms with Crippen molar-refractivity contribution in [3.05, 3.63) is 29.3 Å². The van der Waals surface area contributed by atoms with Crippen LogP contribution in [0.25, 0.3) is 0 Å². The lowest BCUT2D eigenvalue weighted by Gasteiger charge is -2.20. The number of hydrogen-bond acceptors (Lipinski definition) is 3. The van der Waals surface area contributed by atoms with E-state index in [9.17, 15) is 18.3 Å². The molecule has 1 aromatic carbocycles. The minimum atomic E-state index is -4.52. The summed E-state index contributed by atoms with van der Waals surface area (Å²) in [5.74, 6) is -0.714. The molecule has 1 N–H and O–H groups in total. The Morgan fingerprint density at radius 1 is 1.35 bits per heavy atom. The maximum Gasteiger partial charge on any atom is 0.419 e. The Labute approximate surface area is 116 Å². The maximum atomic E-state index is 12.7. The fourth-order valence-corrected chi connectivity index (χ4v) is 2.54. The van der Waals surface area contributed by atoms with Crippen LogP contribution in [0.2, 0.25) is 0 Å². The van der Waals surface area contributed by atoms with E-state index in [0.717, 1.165) is 31.6 Å². The first-order valence-electron chi connectivity index (χ1n) is 6.55. The normalized spacial score (nSPS) is 20.8. The number of hydrogen-bond donors (Lipinski definition) is 1. The summed E-state index contributed by atoms with van der Waals surface area (Å²) < 4.78 is 38.2. The van der Waals surface area contributed by atoms with Gasteiger partial charge in [-0.3, -0.25) is 4.90 Å². The van der Waals surface area contributed by atoms with E-state index in [0.29, 0.717) is 18.2 Å². The summed E-state index contributed by atoms with van der Waals surface area (Å²) in [6, 6.07) is 4.16. The van der Waals surface area contributed by atoms with Crippen LogP contribution in [0.1, 0.15) is 17.5 Å². The quantitative estimate of drug-likeness (QED) is 0.926. The van der Waals surface area contributed by atoms with Gasteiger partial charge in [0.25, 0.3) is 0 Å². The summed E-state index contributed by atoms with van der Waals surface area (Å²) in [6.45, 7) is 2.22. The summed E-state index contributed by atoms with van der Waals surface area (Å²) in [4.78, 5) is 4.27. The van der Waals surface area contributed by atoms with Crippen molar-refractivity contribution in [1.82, 2.24) is 9.80 Å². The third-order valence-electron chi connectivity index (χ3n) is 3.75. The van der Waals surface area contributed by atoms with Crippen molar-refractivity contribution in [2.45, 2.75) is 25.2 Å². The molecule has 0 aromatic heterocycles. The summed E-state index contributed by atoms with van der Waals surface area (Å²) in [7, 11) is 4.02. The van der Waals surface area contributed by atoms with Crippen molar-refractivity contribution in [2.75, 3.05) is 27.2 Å². The van der Waals surface area contributed by atoms with Crippen LogP contribution in [-0.2, 0) is 12.7 Å². The number of phenolic OH excluding ortho intramolecular Hbond substituents is 1. The zero-order valence-corrected chi connectivity index (χ0v) is 11.6. The molecule has 1 fully saturated rings. The molecule has 1 saturated heterocycles. The van der Waals surface area contributed by atoms with Crippen LogP contribution < -0.4 is 0 Å². The first-order chi connectivity index (χ1) is 9.27. The topological polar surface area (TPSA) is 26.7 Å². The number of rotatable bonds is 3. The molecule has 0 spiro atoms. The molecule has 112 valence electrons. The molecule has 0 radical (unpaired) electrons. The Morgan fingerprint density at radius 3 is 2.60 bits per heavy atom. The van der Waals surface area contributed by atoms with E-state index in [2.05, 4.69) is 9.80 Å². The lowest BCUT2D eigenvalue weighted by atomic mass is 10.1. The molecular formula is C14H19F3N2O. The number of benzene rings is 1. The van der Waals surface area contributed by atoms with Gasteiger partial charge in [0, 0.05) is 25.7 Å². The van der Waals surface area contributed by atoms with Gasteiger partial charge in [0.15, 0.2) is 0 Å². The molecule has 1 aliphatic heterocycles. The average Bonchev–Trinajstić information content (AvgIpc) is 2.79. The Balaban J connectivity index is 2.08. The third-order valence-corrected chi connectivity index (χ3v) is 3.75. The lowest BCUT2D eigenvalue weighted by molar-refractivity contribution is -0.138. The highest BCUT2D eigenvalue weighted by Gasteiger charge is 2.34. The molecule has 2 rings (SSSR count). The van der Waals surface area contributed by atoms with Gasteiger partial charge in [-0.1, -0.05) is 6.07 Å². The Bertz CT molecular complexity index is 474. The maximum absolute atomic E-state index is 12.7. The van der Waals surface area contributed by atoms with Gasteiger partial charge in [-0.2, -0.15) is 13.2 Å². The molecule has 0 aliphatic carbocycles. The molecule has 6 heteroatoms. The van der Waals surface area contributed by atoms with Crippen molar-refractivity contribution >= 4 is 0 Å². The molecule has 0 amide bonds. The second kappa shape index (κ2) is 5.61. The smallest absolute Gasteiger partial charge is 0.419 e. The predicted molar refractivity (Wildman–Crippen MR) is 70.5 cm³/mol. The number of alkyl halides is 3. The van der Waals surface area contributed by atoms with Gasteiger partial charge in [-0.25, -0.2) is 0 Å². The molecule has 1 aromatic rings. The monoisotopic (exact) mass is 288 g/mol. The Morgan fingerprint density at radius 2 is 2.05 bits per heavy atom. The summed E-state index contributed by atoms with van der Waals surface area (Å²) in [5.41, 5.74) is -0.382.